The predicted octanol–water partition coefficient (Wildman–Crippen LogP) is 2.81. The van der Waals surface area contributed by atoms with Gasteiger partial charge in [-0.25, -0.2) is 9.59 Å². The summed E-state index contributed by atoms with van der Waals surface area (Å²) in [5.41, 5.74) is 8.20. The van der Waals surface area contributed by atoms with E-state index in [1.807, 2.05) is 30.3 Å². The number of ether oxygens (including phenoxy) is 2. The molecule has 3 rings (SSSR count). The lowest BCUT2D eigenvalue weighted by molar-refractivity contribution is 0.0600. The van der Waals surface area contributed by atoms with Crippen molar-refractivity contribution in [3.63, 3.8) is 0 Å². The lowest BCUT2D eigenvalue weighted by atomic mass is 10.0. The summed E-state index contributed by atoms with van der Waals surface area (Å²) in [4.78, 5) is 26.6. The Morgan fingerprint density at radius 2 is 2.04 bits per heavy atom. The fraction of sp³-hybridized carbons (Fsp3) is 0.294. The van der Waals surface area contributed by atoms with Crippen LogP contribution in [0.3, 0.4) is 0 Å². The topological polar surface area (TPSA) is 81.9 Å². The van der Waals surface area contributed by atoms with Crippen LogP contribution in [0, 0.1) is 0 Å². The number of esters is 1. The molecule has 0 spiro atoms. The number of nitrogens with two attached hydrogens (primary N) is 1. The Balaban J connectivity index is 1.67. The molecule has 126 valence electrons. The zero-order valence-electron chi connectivity index (χ0n) is 13.3. The van der Waals surface area contributed by atoms with E-state index in [0.717, 1.165) is 16.0 Å². The van der Waals surface area contributed by atoms with Gasteiger partial charge in [-0.05, 0) is 17.5 Å². The third kappa shape index (κ3) is 3.21. The monoisotopic (exact) mass is 346 g/mol. The quantitative estimate of drug-likeness (QED) is 0.864. The van der Waals surface area contributed by atoms with Crippen LogP contribution >= 0.6 is 11.3 Å². The van der Waals surface area contributed by atoms with Crippen molar-refractivity contribution in [1.82, 2.24) is 4.90 Å². The van der Waals surface area contributed by atoms with Crippen LogP contribution in [0.25, 0.3) is 0 Å². The van der Waals surface area contributed by atoms with Crippen LogP contribution in [-0.4, -0.2) is 30.6 Å². The molecule has 24 heavy (non-hydrogen) atoms. The maximum atomic E-state index is 12.2. The van der Waals surface area contributed by atoms with Gasteiger partial charge in [0.15, 0.2) is 0 Å². The zero-order chi connectivity index (χ0) is 17.1. The summed E-state index contributed by atoms with van der Waals surface area (Å²) < 4.78 is 10.1. The number of nitrogens with zero attached hydrogens (tertiary/aromatic N) is 1. The molecule has 0 aliphatic carbocycles. The Kier molecular flexibility index (Phi) is 4.71. The first-order valence-electron chi connectivity index (χ1n) is 7.54. The number of benzene rings is 1. The third-order valence-corrected chi connectivity index (χ3v) is 4.98. The van der Waals surface area contributed by atoms with Gasteiger partial charge in [0.05, 0.1) is 19.2 Å². The summed E-state index contributed by atoms with van der Waals surface area (Å²) in [5, 5.41) is 0.436. The molecule has 1 aliphatic rings. The molecule has 2 heterocycles. The van der Waals surface area contributed by atoms with Gasteiger partial charge in [-0.2, -0.15) is 0 Å². The molecule has 0 bridgehead atoms. The number of carbonyl (C=O) groups is 2. The normalized spacial score (nSPS) is 13.3. The highest BCUT2D eigenvalue weighted by Crippen LogP contribution is 2.35. The number of rotatable bonds is 3. The maximum absolute atomic E-state index is 12.2. The average molecular weight is 346 g/mol. The average Bonchev–Trinajstić information content (AvgIpc) is 2.94. The molecular weight excluding hydrogens is 328 g/mol. The molecule has 1 aliphatic heterocycles. The van der Waals surface area contributed by atoms with Crippen molar-refractivity contribution in [2.75, 3.05) is 19.4 Å². The number of carbonyl (C=O) groups excluding carboxylic acids is 2. The van der Waals surface area contributed by atoms with E-state index in [-0.39, 0.29) is 12.7 Å². The summed E-state index contributed by atoms with van der Waals surface area (Å²) in [6.45, 7) is 1.12. The van der Waals surface area contributed by atoms with E-state index in [0.29, 0.717) is 30.1 Å². The molecule has 6 nitrogen and oxygen atoms in total. The summed E-state index contributed by atoms with van der Waals surface area (Å²) in [6, 6.07) is 9.53. The summed E-state index contributed by atoms with van der Waals surface area (Å²) in [5.74, 6) is -0.426. The van der Waals surface area contributed by atoms with Crippen molar-refractivity contribution >= 4 is 28.4 Å². The number of methoxy groups -OCH3 is 1. The molecule has 0 fully saturated rings. The molecule has 1 aromatic carbocycles. The Hall–Kier alpha value is -2.54. The lowest BCUT2D eigenvalue weighted by Gasteiger charge is -2.26. The molecule has 2 N–H and O–H groups in total. The highest BCUT2D eigenvalue weighted by atomic mass is 32.1. The molecular formula is C17H18N2O4S. The summed E-state index contributed by atoms with van der Waals surface area (Å²) >= 11 is 1.32. The SMILES string of the molecule is COC(=O)c1c(N)sc2c1CCN(C(=O)OCc1ccccc1)C2. The first-order chi connectivity index (χ1) is 11.6. The molecule has 0 radical (unpaired) electrons. The highest BCUT2D eigenvalue weighted by Gasteiger charge is 2.29. The molecule has 0 atom stereocenters. The minimum Gasteiger partial charge on any atom is -0.465 e. The van der Waals surface area contributed by atoms with Crippen LogP contribution in [0.1, 0.15) is 26.4 Å². The predicted molar refractivity (Wildman–Crippen MR) is 90.8 cm³/mol. The number of anilines is 1. The van der Waals surface area contributed by atoms with E-state index in [1.54, 1.807) is 4.90 Å². The van der Waals surface area contributed by atoms with Gasteiger partial charge < -0.3 is 20.1 Å². The molecule has 2 aromatic rings. The van der Waals surface area contributed by atoms with Crippen LogP contribution in [0.5, 0.6) is 0 Å². The minimum atomic E-state index is -0.426. The van der Waals surface area contributed by atoms with Gasteiger partial charge in [-0.1, -0.05) is 30.3 Å². The zero-order valence-corrected chi connectivity index (χ0v) is 14.1. The molecule has 1 aromatic heterocycles. The second-order valence-electron chi connectivity index (χ2n) is 5.45. The third-order valence-electron chi connectivity index (χ3n) is 3.94. The van der Waals surface area contributed by atoms with Gasteiger partial charge in [-0.3, -0.25) is 0 Å². The number of amides is 1. The van der Waals surface area contributed by atoms with Crippen molar-refractivity contribution in [2.45, 2.75) is 19.6 Å². The number of fused-ring (bicyclic) bond motifs is 1. The van der Waals surface area contributed by atoms with Crippen molar-refractivity contribution in [2.24, 2.45) is 0 Å². The minimum absolute atomic E-state index is 0.239. The Bertz CT molecular complexity index is 757. The number of hydrogen-bond donors (Lipinski definition) is 1. The Labute approximate surface area is 143 Å². The van der Waals surface area contributed by atoms with Crippen LogP contribution in [0.15, 0.2) is 30.3 Å². The van der Waals surface area contributed by atoms with Crippen molar-refractivity contribution in [3.8, 4) is 0 Å². The lowest BCUT2D eigenvalue weighted by Crippen LogP contribution is -2.36. The van der Waals surface area contributed by atoms with Gasteiger partial charge in [0.25, 0.3) is 0 Å². The molecule has 0 saturated carbocycles. The van der Waals surface area contributed by atoms with Crippen molar-refractivity contribution in [1.29, 1.82) is 0 Å². The summed E-state index contributed by atoms with van der Waals surface area (Å²) in [6.07, 6.45) is 0.199. The van der Waals surface area contributed by atoms with Crippen molar-refractivity contribution < 1.29 is 19.1 Å². The Morgan fingerprint density at radius 3 is 2.75 bits per heavy atom. The standard InChI is InChI=1S/C17H18N2O4S/c1-22-16(20)14-12-7-8-19(9-13(12)24-15(14)18)17(21)23-10-11-5-3-2-4-6-11/h2-6H,7-10,18H2,1H3. The van der Waals surface area contributed by atoms with E-state index in [2.05, 4.69) is 0 Å². The van der Waals surface area contributed by atoms with Gasteiger partial charge in [0.1, 0.15) is 11.6 Å². The number of nitrogen functional groups attached to an aromatic ring is 1. The smallest absolute Gasteiger partial charge is 0.410 e. The molecule has 7 heteroatoms. The fourth-order valence-corrected chi connectivity index (χ4v) is 3.84. The first-order valence-corrected chi connectivity index (χ1v) is 8.35. The van der Waals surface area contributed by atoms with Crippen LogP contribution < -0.4 is 5.73 Å². The van der Waals surface area contributed by atoms with Gasteiger partial charge in [0, 0.05) is 11.4 Å². The largest absolute Gasteiger partial charge is 0.465 e. The van der Waals surface area contributed by atoms with Crippen LogP contribution in [0.4, 0.5) is 9.80 Å². The highest BCUT2D eigenvalue weighted by molar-refractivity contribution is 7.16. The maximum Gasteiger partial charge on any atom is 0.410 e. The van der Waals surface area contributed by atoms with E-state index in [4.69, 9.17) is 15.2 Å². The van der Waals surface area contributed by atoms with Gasteiger partial charge in [0.2, 0.25) is 0 Å². The molecule has 0 unspecified atom stereocenters. The second-order valence-corrected chi connectivity index (χ2v) is 6.58. The number of thiophene rings is 1. The van der Waals surface area contributed by atoms with E-state index >= 15 is 0 Å². The number of hydrogen-bond acceptors (Lipinski definition) is 6. The Morgan fingerprint density at radius 1 is 1.29 bits per heavy atom. The summed E-state index contributed by atoms with van der Waals surface area (Å²) in [7, 11) is 1.34. The van der Waals surface area contributed by atoms with Crippen LogP contribution in [0.2, 0.25) is 0 Å². The van der Waals surface area contributed by atoms with E-state index in [1.165, 1.54) is 18.4 Å². The van der Waals surface area contributed by atoms with Gasteiger partial charge in [-0.15, -0.1) is 11.3 Å². The molecule has 1 amide bonds. The first kappa shape index (κ1) is 16.3. The fourth-order valence-electron chi connectivity index (χ4n) is 2.72. The molecule has 0 saturated heterocycles. The van der Waals surface area contributed by atoms with Gasteiger partial charge >= 0.3 is 12.1 Å². The van der Waals surface area contributed by atoms with E-state index < -0.39 is 5.97 Å². The van der Waals surface area contributed by atoms with E-state index in [9.17, 15) is 9.59 Å². The second kappa shape index (κ2) is 6.92. The van der Waals surface area contributed by atoms with Crippen molar-refractivity contribution in [3.05, 3.63) is 51.9 Å². The van der Waals surface area contributed by atoms with Crippen LogP contribution in [-0.2, 0) is 29.0 Å².